The zero-order valence-electron chi connectivity index (χ0n) is 17.8. The number of nitrogens with one attached hydrogen (secondary N) is 2. The van der Waals surface area contributed by atoms with Crippen molar-refractivity contribution in [3.05, 3.63) is 66.2 Å². The second kappa shape index (κ2) is 7.67. The molecule has 2 amide bonds. The van der Waals surface area contributed by atoms with Crippen molar-refractivity contribution in [2.24, 2.45) is 0 Å². The number of piperidine rings is 1. The van der Waals surface area contributed by atoms with Gasteiger partial charge in [0.1, 0.15) is 0 Å². The number of hydrogen-bond acceptors (Lipinski definition) is 4. The van der Waals surface area contributed by atoms with Crippen molar-refractivity contribution in [1.29, 1.82) is 0 Å². The fourth-order valence-corrected chi connectivity index (χ4v) is 5.78. The Morgan fingerprint density at radius 2 is 1.75 bits per heavy atom. The van der Waals surface area contributed by atoms with E-state index in [1.54, 1.807) is 4.90 Å². The van der Waals surface area contributed by atoms with Gasteiger partial charge in [-0.2, -0.15) is 5.10 Å². The third-order valence-corrected chi connectivity index (χ3v) is 7.62. The lowest BCUT2D eigenvalue weighted by Gasteiger charge is -2.39. The molecular weight excluding hydrogens is 426 g/mol. The molecule has 0 atom stereocenters. The summed E-state index contributed by atoms with van der Waals surface area (Å²) < 4.78 is 26.2. The van der Waals surface area contributed by atoms with Crippen LogP contribution in [0.3, 0.4) is 0 Å². The summed E-state index contributed by atoms with van der Waals surface area (Å²) in [4.78, 5) is 14.6. The standard InChI is InChI=1S/C23H25N5O3S/c1-32(30,31)28-16-23(18-9-5-6-10-20(18)28)11-13-27(14-12-23)22(29)24-21-15-19(25-26-21)17-7-3-2-4-8-17/h2-10,15H,11-14,16H2,1H3,(H2,24,25,26,29). The van der Waals surface area contributed by atoms with Gasteiger partial charge < -0.3 is 4.90 Å². The molecule has 8 nitrogen and oxygen atoms in total. The first-order chi connectivity index (χ1) is 15.4. The van der Waals surface area contributed by atoms with Crippen molar-refractivity contribution in [1.82, 2.24) is 15.1 Å². The summed E-state index contributed by atoms with van der Waals surface area (Å²) in [5, 5.41) is 10.0. The van der Waals surface area contributed by atoms with E-state index in [0.717, 1.165) is 22.5 Å². The molecule has 1 spiro atoms. The highest BCUT2D eigenvalue weighted by Crippen LogP contribution is 2.47. The number of aromatic nitrogens is 2. The lowest BCUT2D eigenvalue weighted by molar-refractivity contribution is 0.173. The summed E-state index contributed by atoms with van der Waals surface area (Å²) in [5.74, 6) is 0.476. The summed E-state index contributed by atoms with van der Waals surface area (Å²) in [6.07, 6.45) is 2.66. The van der Waals surface area contributed by atoms with Crippen molar-refractivity contribution in [3.8, 4) is 11.3 Å². The van der Waals surface area contributed by atoms with E-state index in [4.69, 9.17) is 0 Å². The van der Waals surface area contributed by atoms with Crippen LogP contribution in [-0.4, -0.2) is 55.4 Å². The Bertz CT molecular complexity index is 1250. The van der Waals surface area contributed by atoms with Gasteiger partial charge in [-0.1, -0.05) is 48.5 Å². The largest absolute Gasteiger partial charge is 0.324 e. The molecule has 0 unspecified atom stereocenters. The molecule has 9 heteroatoms. The summed E-state index contributed by atoms with van der Waals surface area (Å²) in [6.45, 7) is 1.53. The maximum absolute atomic E-state index is 12.8. The Morgan fingerprint density at radius 3 is 2.47 bits per heavy atom. The molecule has 2 N–H and O–H groups in total. The Hall–Kier alpha value is -3.33. The average molecular weight is 452 g/mol. The predicted molar refractivity (Wildman–Crippen MR) is 124 cm³/mol. The molecule has 2 aliphatic heterocycles. The number of hydrogen-bond donors (Lipinski definition) is 2. The highest BCUT2D eigenvalue weighted by molar-refractivity contribution is 7.92. The molecule has 1 fully saturated rings. The fraction of sp³-hybridized carbons (Fsp3) is 0.304. The van der Waals surface area contributed by atoms with E-state index in [2.05, 4.69) is 15.5 Å². The fourth-order valence-electron chi connectivity index (χ4n) is 4.79. The Balaban J connectivity index is 1.27. The molecule has 0 radical (unpaired) electrons. The number of anilines is 2. The number of sulfonamides is 1. The van der Waals surface area contributed by atoms with Crippen LogP contribution >= 0.6 is 0 Å². The first-order valence-electron chi connectivity index (χ1n) is 10.6. The van der Waals surface area contributed by atoms with Gasteiger partial charge in [-0.3, -0.25) is 14.7 Å². The van der Waals surface area contributed by atoms with Crippen molar-refractivity contribution >= 4 is 27.6 Å². The van der Waals surface area contributed by atoms with E-state index in [1.165, 1.54) is 10.6 Å². The van der Waals surface area contributed by atoms with E-state index >= 15 is 0 Å². The van der Waals surface area contributed by atoms with Crippen LogP contribution in [0.5, 0.6) is 0 Å². The Labute approximate surface area is 187 Å². The third-order valence-electron chi connectivity index (χ3n) is 6.50. The van der Waals surface area contributed by atoms with Crippen LogP contribution in [-0.2, 0) is 15.4 Å². The molecule has 0 saturated carbocycles. The predicted octanol–water partition coefficient (Wildman–Crippen LogP) is 3.42. The third kappa shape index (κ3) is 3.62. The molecule has 0 bridgehead atoms. The Morgan fingerprint density at radius 1 is 1.06 bits per heavy atom. The summed E-state index contributed by atoms with van der Waals surface area (Å²) in [5.41, 5.74) is 3.39. The SMILES string of the molecule is CS(=O)(=O)N1CC2(CCN(C(=O)Nc3cc(-c4ccccc4)[nH]n3)CC2)c2ccccc21. The van der Waals surface area contributed by atoms with E-state index in [9.17, 15) is 13.2 Å². The highest BCUT2D eigenvalue weighted by atomic mass is 32.2. The molecule has 1 aromatic heterocycles. The maximum atomic E-state index is 12.8. The van der Waals surface area contributed by atoms with Gasteiger partial charge in [0.25, 0.3) is 0 Å². The summed E-state index contributed by atoms with van der Waals surface area (Å²) in [6, 6.07) is 19.1. The second-order valence-electron chi connectivity index (χ2n) is 8.52. The van der Waals surface area contributed by atoms with Crippen molar-refractivity contribution < 1.29 is 13.2 Å². The molecule has 5 rings (SSSR count). The number of para-hydroxylation sites is 1. The Kier molecular flexibility index (Phi) is 4.93. The lowest BCUT2D eigenvalue weighted by atomic mass is 9.74. The molecular formula is C23H25N5O3S. The van der Waals surface area contributed by atoms with Gasteiger partial charge >= 0.3 is 6.03 Å². The van der Waals surface area contributed by atoms with Gasteiger partial charge in [-0.05, 0) is 30.0 Å². The zero-order chi connectivity index (χ0) is 22.3. The van der Waals surface area contributed by atoms with E-state index in [0.29, 0.717) is 38.3 Å². The van der Waals surface area contributed by atoms with Gasteiger partial charge in [0, 0.05) is 31.1 Å². The van der Waals surface area contributed by atoms with Crippen LogP contribution in [0.2, 0.25) is 0 Å². The molecule has 3 aromatic rings. The van der Waals surface area contributed by atoms with Gasteiger partial charge in [0.15, 0.2) is 5.82 Å². The topological polar surface area (TPSA) is 98.4 Å². The summed E-state index contributed by atoms with van der Waals surface area (Å²) >= 11 is 0. The number of benzene rings is 2. The second-order valence-corrected chi connectivity index (χ2v) is 10.4. The maximum Gasteiger partial charge on any atom is 0.323 e. The smallest absolute Gasteiger partial charge is 0.323 e. The number of rotatable bonds is 3. The van der Waals surface area contributed by atoms with Crippen LogP contribution in [0, 0.1) is 0 Å². The van der Waals surface area contributed by atoms with Crippen molar-refractivity contribution in [2.75, 3.05) is 35.5 Å². The lowest BCUT2D eigenvalue weighted by Crippen LogP contribution is -2.48. The molecule has 3 heterocycles. The first kappa shape index (κ1) is 20.6. The molecule has 1 saturated heterocycles. The average Bonchev–Trinajstić information content (AvgIpc) is 3.38. The summed E-state index contributed by atoms with van der Waals surface area (Å²) in [7, 11) is -3.35. The van der Waals surface area contributed by atoms with Gasteiger partial charge in [0.2, 0.25) is 10.0 Å². The highest BCUT2D eigenvalue weighted by Gasteiger charge is 2.47. The number of H-pyrrole nitrogens is 1. The number of fused-ring (bicyclic) bond motifs is 2. The number of nitrogens with zero attached hydrogens (tertiary/aromatic N) is 3. The van der Waals surface area contributed by atoms with Gasteiger partial charge in [0.05, 0.1) is 17.6 Å². The van der Waals surface area contributed by atoms with Crippen LogP contribution < -0.4 is 9.62 Å². The number of aromatic amines is 1. The van der Waals surface area contributed by atoms with Crippen molar-refractivity contribution in [3.63, 3.8) is 0 Å². The number of amides is 2. The van der Waals surface area contributed by atoms with E-state index in [-0.39, 0.29) is 11.4 Å². The quantitative estimate of drug-likeness (QED) is 0.637. The minimum Gasteiger partial charge on any atom is -0.324 e. The van der Waals surface area contributed by atoms with Crippen LogP contribution in [0.25, 0.3) is 11.3 Å². The number of likely N-dealkylation sites (tertiary alicyclic amines) is 1. The minimum atomic E-state index is -3.35. The normalized spacial score (nSPS) is 17.4. The zero-order valence-corrected chi connectivity index (χ0v) is 18.6. The minimum absolute atomic E-state index is 0.197. The van der Waals surface area contributed by atoms with E-state index < -0.39 is 10.0 Å². The van der Waals surface area contributed by atoms with Crippen LogP contribution in [0.15, 0.2) is 60.7 Å². The van der Waals surface area contributed by atoms with Crippen molar-refractivity contribution in [2.45, 2.75) is 18.3 Å². The molecule has 166 valence electrons. The number of urea groups is 1. The number of carbonyl (C=O) groups is 1. The monoisotopic (exact) mass is 451 g/mol. The molecule has 2 aromatic carbocycles. The molecule has 2 aliphatic rings. The van der Waals surface area contributed by atoms with Gasteiger partial charge in [-0.15, -0.1) is 0 Å². The number of carbonyl (C=O) groups excluding carboxylic acids is 1. The molecule has 32 heavy (non-hydrogen) atoms. The van der Waals surface area contributed by atoms with Crippen LogP contribution in [0.1, 0.15) is 18.4 Å². The first-order valence-corrected chi connectivity index (χ1v) is 12.4. The van der Waals surface area contributed by atoms with E-state index in [1.807, 2.05) is 60.7 Å². The van der Waals surface area contributed by atoms with Crippen LogP contribution in [0.4, 0.5) is 16.3 Å². The molecule has 0 aliphatic carbocycles. The van der Waals surface area contributed by atoms with Gasteiger partial charge in [-0.25, -0.2) is 13.2 Å².